The summed E-state index contributed by atoms with van der Waals surface area (Å²) in [7, 11) is 0. The Morgan fingerprint density at radius 1 is 1.00 bits per heavy atom. The first-order chi connectivity index (χ1) is 17.7. The number of ketones is 1. The van der Waals surface area contributed by atoms with Crippen LogP contribution < -0.4 is 0 Å². The fourth-order valence-electron chi connectivity index (χ4n) is 6.11. The van der Waals surface area contributed by atoms with Crippen LogP contribution in [0.4, 0.5) is 10.1 Å². The molecule has 2 aliphatic carbocycles. The number of amides is 3. The highest BCUT2D eigenvalue weighted by Crippen LogP contribution is 2.56. The van der Waals surface area contributed by atoms with E-state index in [2.05, 4.69) is 0 Å². The summed E-state index contributed by atoms with van der Waals surface area (Å²) in [6.07, 6.45) is 2.36. The minimum atomic E-state index is -1.34. The maximum absolute atomic E-state index is 13.9. The maximum atomic E-state index is 13.9. The minimum absolute atomic E-state index is 0.0438. The zero-order valence-corrected chi connectivity index (χ0v) is 20.3. The molecule has 37 heavy (non-hydrogen) atoms. The number of hydrogen-bond acceptors (Lipinski definition) is 6. The second kappa shape index (κ2) is 9.66. The molecule has 3 amide bonds. The molecule has 0 radical (unpaired) electrons. The van der Waals surface area contributed by atoms with Crippen LogP contribution in [0.3, 0.4) is 0 Å². The lowest BCUT2D eigenvalue weighted by molar-refractivity contribution is -0.384. The number of non-ortho nitro benzene ring substituents is 1. The summed E-state index contributed by atoms with van der Waals surface area (Å²) < 4.78 is 13.5. The molecule has 9 nitrogen and oxygen atoms in total. The minimum Gasteiger partial charge on any atom is -0.292 e. The zero-order valence-electron chi connectivity index (χ0n) is 19.6. The van der Waals surface area contributed by atoms with Crippen molar-refractivity contribution in [1.29, 1.82) is 0 Å². The van der Waals surface area contributed by atoms with Gasteiger partial charge in [0.15, 0.2) is 5.78 Å². The molecule has 2 aromatic rings. The molecule has 3 aliphatic rings. The highest BCUT2D eigenvalue weighted by Gasteiger charge is 2.63. The molecule has 0 spiro atoms. The number of nitro groups is 1. The average Bonchev–Trinajstić information content (AvgIpc) is 3.58. The number of imide groups is 1. The van der Waals surface area contributed by atoms with Crippen LogP contribution in [0.15, 0.2) is 48.5 Å². The van der Waals surface area contributed by atoms with Gasteiger partial charge in [-0.15, -0.1) is 11.6 Å². The van der Waals surface area contributed by atoms with Crippen LogP contribution in [0.5, 0.6) is 0 Å². The summed E-state index contributed by atoms with van der Waals surface area (Å²) in [5.74, 6) is -4.13. The average molecular weight is 528 g/mol. The van der Waals surface area contributed by atoms with E-state index in [-0.39, 0.29) is 41.0 Å². The number of Topliss-reactive ketones (excluding diaryl/α,β-unsaturated/α-hetero) is 1. The predicted molar refractivity (Wildman–Crippen MR) is 129 cm³/mol. The van der Waals surface area contributed by atoms with E-state index in [0.29, 0.717) is 0 Å². The number of fused-ring (bicyclic) bond motifs is 5. The number of carbonyl (C=O) groups excluding carboxylic acids is 4. The molecule has 192 valence electrons. The van der Waals surface area contributed by atoms with Gasteiger partial charge in [-0.3, -0.25) is 29.3 Å². The van der Waals surface area contributed by atoms with Crippen molar-refractivity contribution in [2.75, 3.05) is 5.88 Å². The topological polar surface area (TPSA) is 118 Å². The van der Waals surface area contributed by atoms with Gasteiger partial charge in [0.2, 0.25) is 0 Å². The van der Waals surface area contributed by atoms with Crippen LogP contribution in [0.25, 0.3) is 0 Å². The molecule has 5 rings (SSSR count). The lowest BCUT2D eigenvalue weighted by Crippen LogP contribution is -2.58. The van der Waals surface area contributed by atoms with Crippen LogP contribution >= 0.6 is 11.6 Å². The summed E-state index contributed by atoms with van der Waals surface area (Å²) in [5, 5.41) is 12.8. The van der Waals surface area contributed by atoms with Crippen molar-refractivity contribution in [1.82, 2.24) is 10.0 Å². The van der Waals surface area contributed by atoms with Crippen LogP contribution in [0, 0.1) is 39.6 Å². The van der Waals surface area contributed by atoms with Crippen LogP contribution in [-0.4, -0.2) is 50.4 Å². The third-order valence-corrected chi connectivity index (χ3v) is 7.98. The van der Waals surface area contributed by atoms with Crippen LogP contribution in [0.2, 0.25) is 0 Å². The number of hydrogen-bond donors (Lipinski definition) is 0. The van der Waals surface area contributed by atoms with Gasteiger partial charge in [-0.2, -0.15) is 5.01 Å². The third kappa shape index (κ3) is 4.19. The number of hydrazine groups is 1. The second-order valence-electron chi connectivity index (χ2n) is 9.69. The van der Waals surface area contributed by atoms with Gasteiger partial charge in [0, 0.05) is 29.1 Å². The van der Waals surface area contributed by atoms with E-state index in [1.165, 1.54) is 24.3 Å². The molecule has 1 aliphatic heterocycles. The van der Waals surface area contributed by atoms with Crippen molar-refractivity contribution in [3.05, 3.63) is 75.6 Å². The van der Waals surface area contributed by atoms with E-state index in [1.807, 2.05) is 0 Å². The summed E-state index contributed by atoms with van der Waals surface area (Å²) in [6, 6.07) is 8.07. The lowest BCUT2D eigenvalue weighted by atomic mass is 9.81. The molecule has 0 unspecified atom stereocenters. The monoisotopic (exact) mass is 527 g/mol. The summed E-state index contributed by atoms with van der Waals surface area (Å²) in [4.78, 5) is 65.2. The van der Waals surface area contributed by atoms with Crippen molar-refractivity contribution < 1.29 is 28.5 Å². The van der Waals surface area contributed by atoms with Gasteiger partial charge >= 0.3 is 0 Å². The van der Waals surface area contributed by atoms with Gasteiger partial charge in [0.1, 0.15) is 11.9 Å². The van der Waals surface area contributed by atoms with Crippen LogP contribution in [0.1, 0.15) is 46.4 Å². The third-order valence-electron chi connectivity index (χ3n) is 7.76. The van der Waals surface area contributed by atoms with Crippen molar-refractivity contribution in [3.8, 4) is 0 Å². The zero-order chi connectivity index (χ0) is 26.4. The Morgan fingerprint density at radius 2 is 1.54 bits per heavy atom. The van der Waals surface area contributed by atoms with E-state index in [1.54, 1.807) is 0 Å². The quantitative estimate of drug-likeness (QED) is 0.168. The first-order valence-electron chi connectivity index (χ1n) is 12.0. The molecular weight excluding hydrogens is 505 g/mol. The van der Waals surface area contributed by atoms with Gasteiger partial charge in [0.25, 0.3) is 23.4 Å². The molecule has 0 aromatic heterocycles. The smallest absolute Gasteiger partial charge is 0.273 e. The molecule has 3 fully saturated rings. The Balaban J connectivity index is 1.58. The number of nitro benzene ring substituents is 1. The van der Waals surface area contributed by atoms with Crippen molar-refractivity contribution in [2.24, 2.45) is 23.7 Å². The molecule has 2 saturated carbocycles. The van der Waals surface area contributed by atoms with E-state index in [0.717, 1.165) is 53.5 Å². The number of carbonyl (C=O) groups is 4. The van der Waals surface area contributed by atoms with Crippen molar-refractivity contribution in [3.63, 3.8) is 0 Å². The SMILES string of the molecule is O=C(c1ccc(F)cc1)[C@@H](CCCl)N(C(=O)c1ccc([N+](=O)[O-])cc1)N1C(=O)[C@@H]2[C@H]3CC[C@@H](C3)[C@@H]2C1=O. The number of nitrogens with zero attached hydrogens (tertiary/aromatic N) is 3. The number of rotatable bonds is 8. The van der Waals surface area contributed by atoms with E-state index in [9.17, 15) is 33.7 Å². The Bertz CT molecular complexity index is 1260. The first kappa shape index (κ1) is 25.0. The highest BCUT2D eigenvalue weighted by molar-refractivity contribution is 6.18. The Morgan fingerprint density at radius 3 is 2.05 bits per heavy atom. The standard InChI is InChI=1S/C26H23ClFN3O6/c27-12-11-20(23(32)14-3-7-18(28)8-4-14)29(24(33)15-5-9-19(10-6-15)31(36)37)30-25(34)21-16-1-2-17(13-16)22(21)26(30)35/h3-10,16-17,20-22H,1-2,11-13H2/t16-,17-,20+,21-,22+/m0/s1. The molecule has 2 aromatic carbocycles. The highest BCUT2D eigenvalue weighted by atomic mass is 35.5. The molecule has 1 saturated heterocycles. The van der Waals surface area contributed by atoms with Gasteiger partial charge in [-0.25, -0.2) is 9.40 Å². The van der Waals surface area contributed by atoms with E-state index < -0.39 is 52.1 Å². The largest absolute Gasteiger partial charge is 0.292 e. The summed E-state index contributed by atoms with van der Waals surface area (Å²) in [6.45, 7) is 0. The Kier molecular flexibility index (Phi) is 6.53. The molecule has 11 heteroatoms. The first-order valence-corrected chi connectivity index (χ1v) is 12.6. The van der Waals surface area contributed by atoms with Gasteiger partial charge in [-0.1, -0.05) is 0 Å². The Labute approximate surface area is 216 Å². The van der Waals surface area contributed by atoms with Gasteiger partial charge < -0.3 is 0 Å². The summed E-state index contributed by atoms with van der Waals surface area (Å²) in [5.41, 5.74) is -0.211. The van der Waals surface area contributed by atoms with Gasteiger partial charge in [0.05, 0.1) is 16.8 Å². The van der Waals surface area contributed by atoms with Crippen LogP contribution in [-0.2, 0) is 9.59 Å². The molecule has 1 heterocycles. The summed E-state index contributed by atoms with van der Waals surface area (Å²) >= 11 is 6.02. The molecule has 0 N–H and O–H groups in total. The number of benzene rings is 2. The fraction of sp³-hybridized carbons (Fsp3) is 0.385. The number of halogens is 2. The lowest BCUT2D eigenvalue weighted by Gasteiger charge is -2.36. The maximum Gasteiger partial charge on any atom is 0.273 e. The van der Waals surface area contributed by atoms with Crippen molar-refractivity contribution in [2.45, 2.75) is 31.7 Å². The van der Waals surface area contributed by atoms with Gasteiger partial charge in [-0.05, 0) is 73.9 Å². The normalized spacial score (nSPS) is 24.8. The molecule has 5 atom stereocenters. The number of alkyl halides is 1. The van der Waals surface area contributed by atoms with Crippen molar-refractivity contribution >= 4 is 40.8 Å². The predicted octanol–water partition coefficient (Wildman–Crippen LogP) is 4.00. The molecule has 2 bridgehead atoms. The van der Waals surface area contributed by atoms with E-state index in [4.69, 9.17) is 11.6 Å². The fourth-order valence-corrected chi connectivity index (χ4v) is 6.32. The second-order valence-corrected chi connectivity index (χ2v) is 10.1. The Hall–Kier alpha value is -3.66. The molecular formula is C26H23ClFN3O6. The van der Waals surface area contributed by atoms with E-state index >= 15 is 0 Å².